The molecule has 1 aromatic rings. The van der Waals surface area contributed by atoms with E-state index >= 15 is 0 Å². The standard InChI is InChI=1S/C12H19N3O2S/c1-9(2)10-8-18-12(13-10)15-5-3-14(4-6-15)7-11(16)17/h8-9H,3-7H2,1-2H3,(H,16,17). The highest BCUT2D eigenvalue weighted by Crippen LogP contribution is 2.25. The number of rotatable bonds is 4. The van der Waals surface area contributed by atoms with E-state index in [1.807, 2.05) is 4.90 Å². The Hall–Kier alpha value is -1.14. The molecule has 1 saturated heterocycles. The van der Waals surface area contributed by atoms with Crippen molar-refractivity contribution < 1.29 is 9.90 Å². The van der Waals surface area contributed by atoms with Gasteiger partial charge in [-0.3, -0.25) is 9.69 Å². The topological polar surface area (TPSA) is 56.7 Å². The zero-order chi connectivity index (χ0) is 13.1. The normalized spacial score (nSPS) is 17.4. The van der Waals surface area contributed by atoms with Gasteiger partial charge in [-0.25, -0.2) is 4.98 Å². The number of aromatic nitrogens is 1. The molecule has 0 spiro atoms. The molecule has 0 bridgehead atoms. The van der Waals surface area contributed by atoms with Crippen LogP contribution in [0.25, 0.3) is 0 Å². The van der Waals surface area contributed by atoms with Crippen LogP contribution in [0.3, 0.4) is 0 Å². The first-order chi connectivity index (χ1) is 8.56. The molecule has 0 unspecified atom stereocenters. The number of carboxylic acid groups (broad SMARTS) is 1. The van der Waals surface area contributed by atoms with E-state index in [1.54, 1.807) is 11.3 Å². The number of nitrogens with zero attached hydrogens (tertiary/aromatic N) is 3. The zero-order valence-corrected chi connectivity index (χ0v) is 11.6. The molecule has 0 atom stereocenters. The van der Waals surface area contributed by atoms with E-state index in [-0.39, 0.29) is 6.54 Å². The van der Waals surface area contributed by atoms with Crippen molar-refractivity contribution in [3.05, 3.63) is 11.1 Å². The molecule has 1 aliphatic heterocycles. The van der Waals surface area contributed by atoms with Gasteiger partial charge in [0.25, 0.3) is 0 Å². The molecule has 2 heterocycles. The summed E-state index contributed by atoms with van der Waals surface area (Å²) in [5.41, 5.74) is 1.14. The minimum Gasteiger partial charge on any atom is -0.480 e. The van der Waals surface area contributed by atoms with Gasteiger partial charge >= 0.3 is 5.97 Å². The van der Waals surface area contributed by atoms with Crippen LogP contribution in [0, 0.1) is 0 Å². The first-order valence-corrected chi connectivity index (χ1v) is 7.08. The van der Waals surface area contributed by atoms with E-state index in [1.165, 1.54) is 0 Å². The second-order valence-corrected chi connectivity index (χ2v) is 5.70. The number of piperazine rings is 1. The van der Waals surface area contributed by atoms with E-state index in [0.717, 1.165) is 37.0 Å². The monoisotopic (exact) mass is 269 g/mol. The maximum absolute atomic E-state index is 10.6. The van der Waals surface area contributed by atoms with Crippen LogP contribution in [0.2, 0.25) is 0 Å². The molecule has 1 N–H and O–H groups in total. The Morgan fingerprint density at radius 1 is 1.44 bits per heavy atom. The number of carboxylic acids is 1. The average Bonchev–Trinajstić information content (AvgIpc) is 2.78. The van der Waals surface area contributed by atoms with Crippen LogP contribution >= 0.6 is 11.3 Å². The molecule has 1 aromatic heterocycles. The van der Waals surface area contributed by atoms with Gasteiger partial charge in [-0.1, -0.05) is 13.8 Å². The fraction of sp³-hybridized carbons (Fsp3) is 0.667. The third-order valence-electron chi connectivity index (χ3n) is 3.10. The lowest BCUT2D eigenvalue weighted by atomic mass is 10.2. The Morgan fingerprint density at radius 3 is 2.61 bits per heavy atom. The molecule has 18 heavy (non-hydrogen) atoms. The van der Waals surface area contributed by atoms with Crippen molar-refractivity contribution in [2.45, 2.75) is 19.8 Å². The molecule has 0 aromatic carbocycles. The summed E-state index contributed by atoms with van der Waals surface area (Å²) < 4.78 is 0. The lowest BCUT2D eigenvalue weighted by Crippen LogP contribution is -2.47. The van der Waals surface area contributed by atoms with E-state index in [0.29, 0.717) is 5.92 Å². The van der Waals surface area contributed by atoms with E-state index in [9.17, 15) is 4.79 Å². The molecule has 1 fully saturated rings. The van der Waals surface area contributed by atoms with E-state index in [2.05, 4.69) is 29.1 Å². The number of aliphatic carboxylic acids is 1. The Morgan fingerprint density at radius 2 is 2.11 bits per heavy atom. The van der Waals surface area contributed by atoms with E-state index < -0.39 is 5.97 Å². The number of carbonyl (C=O) groups is 1. The molecule has 0 amide bonds. The third-order valence-corrected chi connectivity index (χ3v) is 4.02. The highest BCUT2D eigenvalue weighted by atomic mass is 32.1. The van der Waals surface area contributed by atoms with Gasteiger partial charge in [0.15, 0.2) is 5.13 Å². The average molecular weight is 269 g/mol. The van der Waals surface area contributed by atoms with Crippen molar-refractivity contribution in [2.75, 3.05) is 37.6 Å². The van der Waals surface area contributed by atoms with Crippen molar-refractivity contribution >= 4 is 22.4 Å². The number of hydrogen-bond donors (Lipinski definition) is 1. The summed E-state index contributed by atoms with van der Waals surface area (Å²) in [5, 5.41) is 11.9. The fourth-order valence-electron chi connectivity index (χ4n) is 1.98. The Labute approximate surface area is 111 Å². The summed E-state index contributed by atoms with van der Waals surface area (Å²) in [7, 11) is 0. The van der Waals surface area contributed by atoms with Crippen LogP contribution < -0.4 is 4.90 Å². The second-order valence-electron chi connectivity index (χ2n) is 4.87. The molecule has 0 aliphatic carbocycles. The predicted octanol–water partition coefficient (Wildman–Crippen LogP) is 1.47. The molecular formula is C12H19N3O2S. The van der Waals surface area contributed by atoms with Crippen molar-refractivity contribution in [1.29, 1.82) is 0 Å². The molecule has 6 heteroatoms. The first kappa shape index (κ1) is 13.3. The zero-order valence-electron chi connectivity index (χ0n) is 10.8. The van der Waals surface area contributed by atoms with Crippen LogP contribution in [0.5, 0.6) is 0 Å². The van der Waals surface area contributed by atoms with Crippen LogP contribution in [0.15, 0.2) is 5.38 Å². The summed E-state index contributed by atoms with van der Waals surface area (Å²) in [6.45, 7) is 7.73. The van der Waals surface area contributed by atoms with Gasteiger partial charge in [-0.05, 0) is 5.92 Å². The van der Waals surface area contributed by atoms with Crippen LogP contribution in [-0.2, 0) is 4.79 Å². The van der Waals surface area contributed by atoms with Crippen molar-refractivity contribution in [3.8, 4) is 0 Å². The molecule has 2 rings (SSSR count). The van der Waals surface area contributed by atoms with Gasteiger partial charge in [-0.15, -0.1) is 11.3 Å². The summed E-state index contributed by atoms with van der Waals surface area (Å²) in [6.07, 6.45) is 0. The number of thiazole rings is 1. The number of anilines is 1. The summed E-state index contributed by atoms with van der Waals surface area (Å²) in [5.74, 6) is -0.289. The summed E-state index contributed by atoms with van der Waals surface area (Å²) in [4.78, 5) is 19.5. The van der Waals surface area contributed by atoms with Crippen molar-refractivity contribution in [1.82, 2.24) is 9.88 Å². The SMILES string of the molecule is CC(C)c1csc(N2CCN(CC(=O)O)CC2)n1. The minimum absolute atomic E-state index is 0.142. The molecular weight excluding hydrogens is 250 g/mol. The smallest absolute Gasteiger partial charge is 0.317 e. The maximum Gasteiger partial charge on any atom is 0.317 e. The lowest BCUT2D eigenvalue weighted by molar-refractivity contribution is -0.138. The van der Waals surface area contributed by atoms with Gasteiger partial charge in [0.2, 0.25) is 0 Å². The molecule has 1 aliphatic rings. The van der Waals surface area contributed by atoms with Gasteiger partial charge in [0.05, 0.1) is 12.2 Å². The van der Waals surface area contributed by atoms with Crippen LogP contribution in [0.4, 0.5) is 5.13 Å². The maximum atomic E-state index is 10.6. The summed E-state index contributed by atoms with van der Waals surface area (Å²) in [6, 6.07) is 0. The first-order valence-electron chi connectivity index (χ1n) is 6.21. The third kappa shape index (κ3) is 3.20. The van der Waals surface area contributed by atoms with Gasteiger partial charge < -0.3 is 10.0 Å². The largest absolute Gasteiger partial charge is 0.480 e. The van der Waals surface area contributed by atoms with Crippen LogP contribution in [0.1, 0.15) is 25.5 Å². The quantitative estimate of drug-likeness (QED) is 0.897. The second kappa shape index (κ2) is 5.67. The van der Waals surface area contributed by atoms with Crippen LogP contribution in [-0.4, -0.2) is 53.7 Å². The van der Waals surface area contributed by atoms with Gasteiger partial charge in [-0.2, -0.15) is 0 Å². The Kier molecular flexibility index (Phi) is 4.19. The van der Waals surface area contributed by atoms with Crippen molar-refractivity contribution in [3.63, 3.8) is 0 Å². The lowest BCUT2D eigenvalue weighted by Gasteiger charge is -2.33. The molecule has 0 saturated carbocycles. The van der Waals surface area contributed by atoms with E-state index in [4.69, 9.17) is 5.11 Å². The molecule has 100 valence electrons. The highest BCUT2D eigenvalue weighted by Gasteiger charge is 2.20. The Bertz CT molecular complexity index is 411. The van der Waals surface area contributed by atoms with Gasteiger partial charge in [0, 0.05) is 31.6 Å². The Balaban J connectivity index is 1.90. The molecule has 5 nitrogen and oxygen atoms in total. The molecule has 0 radical (unpaired) electrons. The minimum atomic E-state index is -0.750. The fourth-order valence-corrected chi connectivity index (χ4v) is 3.02. The predicted molar refractivity (Wildman–Crippen MR) is 72.5 cm³/mol. The van der Waals surface area contributed by atoms with Gasteiger partial charge in [0.1, 0.15) is 0 Å². The summed E-state index contributed by atoms with van der Waals surface area (Å²) >= 11 is 1.68. The highest BCUT2D eigenvalue weighted by molar-refractivity contribution is 7.13. The number of hydrogen-bond acceptors (Lipinski definition) is 5. The van der Waals surface area contributed by atoms with Crippen molar-refractivity contribution in [2.24, 2.45) is 0 Å².